The SMILES string of the molecule is CCCOc1ccc(C(=O)NC(=S)Nc2sc3c(c2C(N)=O)CCCCCC3)cc1. The third-order valence-electron chi connectivity index (χ3n) is 4.96. The predicted molar refractivity (Wildman–Crippen MR) is 125 cm³/mol. The second-order valence-corrected chi connectivity index (χ2v) is 8.78. The van der Waals surface area contributed by atoms with Gasteiger partial charge >= 0.3 is 0 Å². The molecule has 1 aliphatic carbocycles. The molecule has 1 aromatic heterocycles. The predicted octanol–water partition coefficient (Wildman–Crippen LogP) is 4.42. The van der Waals surface area contributed by atoms with Crippen molar-refractivity contribution in [2.75, 3.05) is 11.9 Å². The molecule has 6 nitrogen and oxygen atoms in total. The summed E-state index contributed by atoms with van der Waals surface area (Å²) in [6.07, 6.45) is 7.20. The van der Waals surface area contributed by atoms with Gasteiger partial charge in [-0.2, -0.15) is 0 Å². The number of hydrogen-bond acceptors (Lipinski definition) is 5. The summed E-state index contributed by atoms with van der Waals surface area (Å²) < 4.78 is 5.53. The molecular formula is C22H27N3O3S2. The maximum atomic E-state index is 12.5. The van der Waals surface area contributed by atoms with Crippen molar-refractivity contribution in [3.8, 4) is 5.75 Å². The zero-order chi connectivity index (χ0) is 21.5. The number of aryl methyl sites for hydroxylation is 1. The number of ether oxygens (including phenoxy) is 1. The van der Waals surface area contributed by atoms with E-state index in [4.69, 9.17) is 22.7 Å². The maximum Gasteiger partial charge on any atom is 0.257 e. The summed E-state index contributed by atoms with van der Waals surface area (Å²) in [6, 6.07) is 6.89. The second-order valence-electron chi connectivity index (χ2n) is 7.27. The van der Waals surface area contributed by atoms with E-state index in [0.29, 0.717) is 22.7 Å². The van der Waals surface area contributed by atoms with Crippen LogP contribution in [0.4, 0.5) is 5.00 Å². The van der Waals surface area contributed by atoms with E-state index < -0.39 is 5.91 Å². The lowest BCUT2D eigenvalue weighted by atomic mass is 9.96. The number of carbonyl (C=O) groups excluding carboxylic acids is 2. The van der Waals surface area contributed by atoms with Crippen molar-refractivity contribution in [1.29, 1.82) is 0 Å². The van der Waals surface area contributed by atoms with E-state index in [1.807, 2.05) is 6.92 Å². The number of hydrogen-bond donors (Lipinski definition) is 3. The average Bonchev–Trinajstić information content (AvgIpc) is 3.02. The Balaban J connectivity index is 1.69. The van der Waals surface area contributed by atoms with Gasteiger partial charge in [0.25, 0.3) is 11.8 Å². The van der Waals surface area contributed by atoms with E-state index in [2.05, 4.69) is 10.6 Å². The van der Waals surface area contributed by atoms with Gasteiger partial charge in [-0.1, -0.05) is 19.8 Å². The van der Waals surface area contributed by atoms with Crippen LogP contribution in [-0.2, 0) is 12.8 Å². The molecule has 1 heterocycles. The number of primary amides is 1. The Kier molecular flexibility index (Phi) is 7.81. The number of thiocarbonyl (C=S) groups is 1. The summed E-state index contributed by atoms with van der Waals surface area (Å²) in [5, 5.41) is 6.45. The topological polar surface area (TPSA) is 93.4 Å². The normalized spacial score (nSPS) is 13.5. The van der Waals surface area contributed by atoms with Crippen LogP contribution >= 0.6 is 23.6 Å². The third-order valence-corrected chi connectivity index (χ3v) is 6.37. The molecule has 160 valence electrons. The molecule has 1 aromatic carbocycles. The van der Waals surface area contributed by atoms with Crippen molar-refractivity contribution >= 4 is 45.5 Å². The van der Waals surface area contributed by atoms with E-state index in [0.717, 1.165) is 49.8 Å². The van der Waals surface area contributed by atoms with Crippen molar-refractivity contribution in [1.82, 2.24) is 5.32 Å². The molecular weight excluding hydrogens is 418 g/mol. The van der Waals surface area contributed by atoms with Crippen LogP contribution in [0.3, 0.4) is 0 Å². The number of rotatable bonds is 6. The Bertz CT molecular complexity index is 922. The van der Waals surface area contributed by atoms with Gasteiger partial charge in [0.2, 0.25) is 0 Å². The van der Waals surface area contributed by atoms with Crippen LogP contribution in [0.25, 0.3) is 0 Å². The molecule has 30 heavy (non-hydrogen) atoms. The minimum atomic E-state index is -0.465. The van der Waals surface area contributed by atoms with Gasteiger partial charge in [-0.3, -0.25) is 14.9 Å². The fourth-order valence-electron chi connectivity index (χ4n) is 3.50. The van der Waals surface area contributed by atoms with Gasteiger partial charge in [0.05, 0.1) is 12.2 Å². The molecule has 1 aliphatic rings. The summed E-state index contributed by atoms with van der Waals surface area (Å²) in [6.45, 7) is 2.67. The van der Waals surface area contributed by atoms with Crippen LogP contribution in [0, 0.1) is 0 Å². The molecule has 3 rings (SSSR count). The van der Waals surface area contributed by atoms with E-state index in [9.17, 15) is 9.59 Å². The highest BCUT2D eigenvalue weighted by Crippen LogP contribution is 2.36. The maximum absolute atomic E-state index is 12.5. The molecule has 2 aromatic rings. The van der Waals surface area contributed by atoms with Crippen molar-refractivity contribution in [2.24, 2.45) is 5.73 Å². The van der Waals surface area contributed by atoms with Crippen LogP contribution in [0.5, 0.6) is 5.75 Å². The molecule has 0 fully saturated rings. The molecule has 0 saturated carbocycles. The summed E-state index contributed by atoms with van der Waals surface area (Å²) >= 11 is 6.83. The molecule has 0 spiro atoms. The lowest BCUT2D eigenvalue weighted by Gasteiger charge is -2.11. The molecule has 8 heteroatoms. The van der Waals surface area contributed by atoms with Gasteiger partial charge in [0.15, 0.2) is 5.11 Å². The smallest absolute Gasteiger partial charge is 0.257 e. The summed E-state index contributed by atoms with van der Waals surface area (Å²) in [5.74, 6) is -0.0753. The average molecular weight is 446 g/mol. The van der Waals surface area contributed by atoms with E-state index >= 15 is 0 Å². The van der Waals surface area contributed by atoms with Crippen LogP contribution in [0.2, 0.25) is 0 Å². The number of anilines is 1. The highest BCUT2D eigenvalue weighted by atomic mass is 32.1. The van der Waals surface area contributed by atoms with Crippen LogP contribution in [0.15, 0.2) is 24.3 Å². The fourth-order valence-corrected chi connectivity index (χ4v) is 5.06. The lowest BCUT2D eigenvalue weighted by molar-refractivity contribution is 0.0975. The first kappa shape index (κ1) is 22.2. The van der Waals surface area contributed by atoms with E-state index in [-0.39, 0.29) is 11.0 Å². The zero-order valence-electron chi connectivity index (χ0n) is 17.1. The highest BCUT2D eigenvalue weighted by Gasteiger charge is 2.23. The fraction of sp³-hybridized carbons (Fsp3) is 0.409. The first-order valence-electron chi connectivity index (χ1n) is 10.3. The lowest BCUT2D eigenvalue weighted by Crippen LogP contribution is -2.34. The number of nitrogens with one attached hydrogen (secondary N) is 2. The number of carbonyl (C=O) groups is 2. The molecule has 0 bridgehead atoms. The second kappa shape index (κ2) is 10.5. The third kappa shape index (κ3) is 5.58. The number of nitrogens with two attached hydrogens (primary N) is 1. The first-order valence-corrected chi connectivity index (χ1v) is 11.5. The first-order chi connectivity index (χ1) is 14.5. The zero-order valence-corrected chi connectivity index (χ0v) is 18.7. The molecule has 0 unspecified atom stereocenters. The van der Waals surface area contributed by atoms with Crippen LogP contribution in [-0.4, -0.2) is 23.5 Å². The van der Waals surface area contributed by atoms with Crippen molar-refractivity contribution in [3.63, 3.8) is 0 Å². The Morgan fingerprint density at radius 2 is 1.83 bits per heavy atom. The molecule has 0 saturated heterocycles. The number of fused-ring (bicyclic) bond motifs is 1. The quantitative estimate of drug-likeness (QED) is 0.572. The van der Waals surface area contributed by atoms with Crippen molar-refractivity contribution in [2.45, 2.75) is 51.9 Å². The van der Waals surface area contributed by atoms with Crippen LogP contribution in [0.1, 0.15) is 70.2 Å². The highest BCUT2D eigenvalue weighted by molar-refractivity contribution is 7.80. The van der Waals surface area contributed by atoms with Gasteiger partial charge in [-0.25, -0.2) is 0 Å². The van der Waals surface area contributed by atoms with Crippen LogP contribution < -0.4 is 21.1 Å². The Labute approximate surface area is 186 Å². The molecule has 4 N–H and O–H groups in total. The van der Waals surface area contributed by atoms with E-state index in [1.54, 1.807) is 24.3 Å². The minimum Gasteiger partial charge on any atom is -0.494 e. The Hall–Kier alpha value is -2.45. The summed E-state index contributed by atoms with van der Waals surface area (Å²) in [5.41, 5.74) is 7.68. The number of amides is 2. The summed E-state index contributed by atoms with van der Waals surface area (Å²) in [7, 11) is 0. The summed E-state index contributed by atoms with van der Waals surface area (Å²) in [4.78, 5) is 25.8. The minimum absolute atomic E-state index is 0.142. The van der Waals surface area contributed by atoms with Gasteiger partial charge in [-0.15, -0.1) is 11.3 Å². The monoisotopic (exact) mass is 445 g/mol. The van der Waals surface area contributed by atoms with Crippen molar-refractivity contribution in [3.05, 3.63) is 45.8 Å². The Morgan fingerprint density at radius 1 is 1.13 bits per heavy atom. The largest absolute Gasteiger partial charge is 0.494 e. The van der Waals surface area contributed by atoms with Gasteiger partial charge < -0.3 is 15.8 Å². The van der Waals surface area contributed by atoms with Gasteiger partial charge in [0, 0.05) is 10.4 Å². The van der Waals surface area contributed by atoms with Gasteiger partial charge in [0.1, 0.15) is 10.8 Å². The Morgan fingerprint density at radius 3 is 2.50 bits per heavy atom. The standard InChI is InChI=1S/C22H27N3O3S2/c1-2-13-28-15-11-9-14(10-12-15)20(27)24-22(29)25-21-18(19(23)26)16-7-5-3-4-6-8-17(16)30-21/h9-12H,2-8,13H2,1H3,(H2,23,26)(H2,24,25,27,29). The van der Waals surface area contributed by atoms with E-state index in [1.165, 1.54) is 22.6 Å². The molecule has 0 atom stereocenters. The molecule has 0 radical (unpaired) electrons. The molecule has 2 amide bonds. The van der Waals surface area contributed by atoms with Gasteiger partial charge in [-0.05, 0) is 74.2 Å². The molecule has 0 aliphatic heterocycles. The number of benzene rings is 1. The number of thiophene rings is 1. The van der Waals surface area contributed by atoms with Crippen molar-refractivity contribution < 1.29 is 14.3 Å².